The van der Waals surface area contributed by atoms with Crippen molar-refractivity contribution < 1.29 is 9.18 Å². The molecule has 1 atom stereocenters. The average molecular weight is 463 g/mol. The molecule has 168 valence electrons. The Morgan fingerprint density at radius 1 is 1.00 bits per heavy atom. The van der Waals surface area contributed by atoms with Gasteiger partial charge in [0.25, 0.3) is 5.91 Å². The Bertz CT molecular complexity index is 1240. The number of carbonyl (C=O) groups excluding carboxylic acids is 1. The van der Waals surface area contributed by atoms with Gasteiger partial charge in [-0.1, -0.05) is 54.1 Å². The fourth-order valence-electron chi connectivity index (χ4n) is 3.60. The highest BCUT2D eigenvalue weighted by atomic mass is 35.5. The van der Waals surface area contributed by atoms with E-state index in [0.717, 1.165) is 11.3 Å². The highest BCUT2D eigenvalue weighted by Gasteiger charge is 2.20. The zero-order valence-corrected chi connectivity index (χ0v) is 19.1. The van der Waals surface area contributed by atoms with Gasteiger partial charge in [0.15, 0.2) is 0 Å². The average Bonchev–Trinajstić information content (AvgIpc) is 3.10. The first-order valence-corrected chi connectivity index (χ1v) is 11.0. The first-order chi connectivity index (χ1) is 15.9. The van der Waals surface area contributed by atoms with Crippen LogP contribution in [0.25, 0.3) is 0 Å². The van der Waals surface area contributed by atoms with Crippen LogP contribution in [-0.2, 0) is 6.54 Å². The van der Waals surface area contributed by atoms with Gasteiger partial charge in [0, 0.05) is 17.4 Å². The third-order valence-electron chi connectivity index (χ3n) is 5.36. The van der Waals surface area contributed by atoms with Crippen LogP contribution in [0, 0.1) is 12.7 Å². The minimum Gasteiger partial charge on any atom is -0.379 e. The monoisotopic (exact) mass is 462 g/mol. The summed E-state index contributed by atoms with van der Waals surface area (Å²) in [6.45, 7) is 4.17. The number of hydrogen-bond donors (Lipinski definition) is 2. The van der Waals surface area contributed by atoms with Crippen LogP contribution in [0.1, 0.15) is 40.1 Å². The largest absolute Gasteiger partial charge is 0.379 e. The summed E-state index contributed by atoms with van der Waals surface area (Å²) >= 11 is 6.47. The number of carbonyl (C=O) groups is 1. The number of rotatable bonds is 7. The number of aromatic nitrogens is 2. The van der Waals surface area contributed by atoms with E-state index in [1.54, 1.807) is 19.1 Å². The van der Waals surface area contributed by atoms with Crippen LogP contribution in [0.3, 0.4) is 0 Å². The molecule has 0 aliphatic heterocycles. The maximum Gasteiger partial charge on any atom is 0.260 e. The normalized spacial score (nSPS) is 11.8. The van der Waals surface area contributed by atoms with Crippen molar-refractivity contribution in [2.24, 2.45) is 0 Å². The molecule has 33 heavy (non-hydrogen) atoms. The van der Waals surface area contributed by atoms with Gasteiger partial charge < -0.3 is 10.6 Å². The summed E-state index contributed by atoms with van der Waals surface area (Å²) < 4.78 is 14.7. The van der Waals surface area contributed by atoms with E-state index >= 15 is 0 Å². The van der Waals surface area contributed by atoms with Gasteiger partial charge in [-0.15, -0.1) is 0 Å². The summed E-state index contributed by atoms with van der Waals surface area (Å²) in [6.07, 6.45) is 0. The molecule has 1 heterocycles. The molecule has 0 aliphatic rings. The molecule has 4 rings (SSSR count). The lowest BCUT2D eigenvalue weighted by molar-refractivity contribution is 0.102. The number of aryl methyl sites for hydroxylation is 1. The van der Waals surface area contributed by atoms with Crippen LogP contribution in [0.4, 0.5) is 15.8 Å². The second-order valence-corrected chi connectivity index (χ2v) is 8.20. The number of nitrogens with zero attached hydrogens (tertiary/aromatic N) is 2. The summed E-state index contributed by atoms with van der Waals surface area (Å²) in [7, 11) is 0. The Morgan fingerprint density at radius 2 is 1.64 bits per heavy atom. The summed E-state index contributed by atoms with van der Waals surface area (Å²) in [5.41, 5.74) is 4.47. The van der Waals surface area contributed by atoms with Gasteiger partial charge in [-0.3, -0.25) is 4.79 Å². The standard InChI is InChI=1S/C26H24ClFN4O/c1-17(20-6-4-3-5-7-20)29-22-12-14-23(15-13-22)30-26(33)24-18(2)31-32(25(24)27)16-19-8-10-21(28)11-9-19/h3-15,17,29H,16H2,1-2H3,(H,30,33). The van der Waals surface area contributed by atoms with Gasteiger partial charge in [0.05, 0.1) is 17.8 Å². The Balaban J connectivity index is 1.42. The fourth-order valence-corrected chi connectivity index (χ4v) is 3.92. The highest BCUT2D eigenvalue weighted by Crippen LogP contribution is 2.24. The van der Waals surface area contributed by atoms with E-state index < -0.39 is 0 Å². The number of halogens is 2. The predicted octanol–water partition coefficient (Wildman–Crippen LogP) is 6.46. The molecule has 4 aromatic rings. The van der Waals surface area contributed by atoms with E-state index in [-0.39, 0.29) is 22.9 Å². The molecule has 1 aromatic heterocycles. The van der Waals surface area contributed by atoms with E-state index in [1.165, 1.54) is 22.4 Å². The Hall–Kier alpha value is -3.64. The maximum atomic E-state index is 13.1. The van der Waals surface area contributed by atoms with Crippen LogP contribution < -0.4 is 10.6 Å². The van der Waals surface area contributed by atoms with E-state index in [2.05, 4.69) is 34.8 Å². The van der Waals surface area contributed by atoms with Gasteiger partial charge >= 0.3 is 0 Å². The number of benzene rings is 3. The number of nitrogens with one attached hydrogen (secondary N) is 2. The molecule has 2 N–H and O–H groups in total. The van der Waals surface area contributed by atoms with Crippen molar-refractivity contribution in [3.8, 4) is 0 Å². The smallest absolute Gasteiger partial charge is 0.260 e. The van der Waals surface area contributed by atoms with Crippen molar-refractivity contribution in [2.75, 3.05) is 10.6 Å². The highest BCUT2D eigenvalue weighted by molar-refractivity contribution is 6.33. The Morgan fingerprint density at radius 3 is 2.30 bits per heavy atom. The van der Waals surface area contributed by atoms with E-state index in [0.29, 0.717) is 23.5 Å². The molecule has 3 aromatic carbocycles. The zero-order chi connectivity index (χ0) is 23.4. The lowest BCUT2D eigenvalue weighted by Crippen LogP contribution is -2.13. The quantitative estimate of drug-likeness (QED) is 0.331. The number of anilines is 2. The van der Waals surface area contributed by atoms with E-state index in [4.69, 9.17) is 11.6 Å². The van der Waals surface area contributed by atoms with Crippen LogP contribution in [0.5, 0.6) is 0 Å². The van der Waals surface area contributed by atoms with Crippen LogP contribution in [-0.4, -0.2) is 15.7 Å². The van der Waals surface area contributed by atoms with Gasteiger partial charge in [-0.25, -0.2) is 9.07 Å². The van der Waals surface area contributed by atoms with Crippen molar-refractivity contribution in [3.05, 3.63) is 112 Å². The molecular weight excluding hydrogens is 439 g/mol. The second kappa shape index (κ2) is 9.88. The van der Waals surface area contributed by atoms with Crippen molar-refractivity contribution in [1.29, 1.82) is 0 Å². The molecule has 0 aliphatic carbocycles. The third-order valence-corrected chi connectivity index (χ3v) is 5.75. The Kier molecular flexibility index (Phi) is 6.75. The van der Waals surface area contributed by atoms with E-state index in [9.17, 15) is 9.18 Å². The topological polar surface area (TPSA) is 59.0 Å². The Labute approximate surface area is 197 Å². The van der Waals surface area contributed by atoms with Crippen molar-refractivity contribution >= 4 is 28.9 Å². The molecule has 0 radical (unpaired) electrons. The molecular formula is C26H24ClFN4O. The summed E-state index contributed by atoms with van der Waals surface area (Å²) in [4.78, 5) is 12.9. The van der Waals surface area contributed by atoms with Crippen molar-refractivity contribution in [1.82, 2.24) is 9.78 Å². The maximum absolute atomic E-state index is 13.1. The first-order valence-electron chi connectivity index (χ1n) is 10.6. The van der Waals surface area contributed by atoms with Crippen LogP contribution in [0.2, 0.25) is 5.15 Å². The molecule has 5 nitrogen and oxygen atoms in total. The summed E-state index contributed by atoms with van der Waals surface area (Å²) in [6, 6.07) is 23.9. The minimum atomic E-state index is -0.332. The van der Waals surface area contributed by atoms with Gasteiger partial charge in [0.1, 0.15) is 11.0 Å². The van der Waals surface area contributed by atoms with Crippen LogP contribution >= 0.6 is 11.6 Å². The lowest BCUT2D eigenvalue weighted by Gasteiger charge is -2.16. The second-order valence-electron chi connectivity index (χ2n) is 7.84. The molecule has 0 saturated carbocycles. The third kappa shape index (κ3) is 5.41. The van der Waals surface area contributed by atoms with Crippen molar-refractivity contribution in [3.63, 3.8) is 0 Å². The summed E-state index contributed by atoms with van der Waals surface area (Å²) in [5, 5.41) is 11.0. The molecule has 0 saturated heterocycles. The molecule has 0 fully saturated rings. The molecule has 1 unspecified atom stereocenters. The summed E-state index contributed by atoms with van der Waals surface area (Å²) in [5.74, 6) is -0.640. The van der Waals surface area contributed by atoms with Crippen LogP contribution in [0.15, 0.2) is 78.9 Å². The van der Waals surface area contributed by atoms with Gasteiger partial charge in [0.2, 0.25) is 0 Å². The predicted molar refractivity (Wildman–Crippen MR) is 130 cm³/mol. The van der Waals surface area contributed by atoms with Gasteiger partial charge in [-0.2, -0.15) is 5.10 Å². The fraction of sp³-hybridized carbons (Fsp3) is 0.154. The van der Waals surface area contributed by atoms with Gasteiger partial charge in [-0.05, 0) is 61.4 Å². The molecule has 0 bridgehead atoms. The molecule has 1 amide bonds. The number of hydrogen-bond acceptors (Lipinski definition) is 3. The van der Waals surface area contributed by atoms with Crippen molar-refractivity contribution in [2.45, 2.75) is 26.4 Å². The first kappa shape index (κ1) is 22.6. The SMILES string of the molecule is Cc1nn(Cc2ccc(F)cc2)c(Cl)c1C(=O)Nc1ccc(NC(C)c2ccccc2)cc1. The zero-order valence-electron chi connectivity index (χ0n) is 18.3. The minimum absolute atomic E-state index is 0.153. The molecule has 7 heteroatoms. The number of amides is 1. The molecule has 0 spiro atoms. The van der Waals surface area contributed by atoms with E-state index in [1.807, 2.05) is 42.5 Å². The lowest BCUT2D eigenvalue weighted by atomic mass is 10.1.